The van der Waals surface area contributed by atoms with Crippen LogP contribution in [0.1, 0.15) is 18.1 Å². The summed E-state index contributed by atoms with van der Waals surface area (Å²) in [6.45, 7) is 1.82. The highest BCUT2D eigenvalue weighted by atomic mass is 35.5. The minimum absolute atomic E-state index is 0.0827. The molecule has 0 heterocycles. The Morgan fingerprint density at radius 1 is 0.951 bits per heavy atom. The lowest BCUT2D eigenvalue weighted by Crippen LogP contribution is -2.40. The van der Waals surface area contributed by atoms with Crippen molar-refractivity contribution in [2.24, 2.45) is 5.10 Å². The van der Waals surface area contributed by atoms with Crippen molar-refractivity contribution < 1.29 is 27.1 Å². The number of ether oxygens (including phenoxy) is 2. The molecule has 0 spiro atoms. The lowest BCUT2D eigenvalue weighted by molar-refractivity contribution is -0.119. The van der Waals surface area contributed by atoms with E-state index in [4.69, 9.17) is 21.1 Å². The molecule has 11 heteroatoms. The van der Waals surface area contributed by atoms with Crippen molar-refractivity contribution >= 4 is 39.4 Å². The molecule has 0 fully saturated rings. The maximum absolute atomic E-state index is 14.6. The summed E-state index contributed by atoms with van der Waals surface area (Å²) in [5.41, 5.74) is 3.54. The van der Waals surface area contributed by atoms with Crippen molar-refractivity contribution in [2.75, 3.05) is 17.5 Å². The number of carbonyl (C=O) groups excluding carboxylic acids is 1. The van der Waals surface area contributed by atoms with Gasteiger partial charge in [-0.2, -0.15) is 5.10 Å². The van der Waals surface area contributed by atoms with E-state index in [1.54, 1.807) is 42.5 Å². The van der Waals surface area contributed by atoms with E-state index >= 15 is 0 Å². The number of benzene rings is 4. The van der Waals surface area contributed by atoms with Crippen LogP contribution in [-0.4, -0.2) is 33.7 Å². The third-order valence-electron chi connectivity index (χ3n) is 5.69. The highest BCUT2D eigenvalue weighted by Crippen LogP contribution is 2.29. The number of para-hydroxylation sites is 1. The Kier molecular flexibility index (Phi) is 9.94. The number of hydrogen-bond donors (Lipinski definition) is 1. The monoisotopic (exact) mass is 595 g/mol. The van der Waals surface area contributed by atoms with Crippen molar-refractivity contribution in [1.29, 1.82) is 0 Å². The zero-order valence-electron chi connectivity index (χ0n) is 22.0. The van der Waals surface area contributed by atoms with Gasteiger partial charge in [0, 0.05) is 5.02 Å². The van der Waals surface area contributed by atoms with Gasteiger partial charge in [0.25, 0.3) is 15.9 Å². The molecule has 0 saturated heterocycles. The zero-order valence-corrected chi connectivity index (χ0v) is 23.6. The van der Waals surface area contributed by atoms with Crippen molar-refractivity contribution in [3.63, 3.8) is 0 Å². The number of amides is 1. The third kappa shape index (κ3) is 7.84. The first-order valence-corrected chi connectivity index (χ1v) is 14.4. The van der Waals surface area contributed by atoms with Crippen LogP contribution in [-0.2, 0) is 21.4 Å². The molecule has 4 aromatic rings. The third-order valence-corrected chi connectivity index (χ3v) is 7.70. The van der Waals surface area contributed by atoms with Crippen LogP contribution in [0.25, 0.3) is 0 Å². The Morgan fingerprint density at radius 2 is 1.71 bits per heavy atom. The second-order valence-electron chi connectivity index (χ2n) is 8.63. The summed E-state index contributed by atoms with van der Waals surface area (Å²) in [5.74, 6) is -0.566. The Labute approximate surface area is 243 Å². The van der Waals surface area contributed by atoms with Crippen LogP contribution in [0.2, 0.25) is 5.02 Å². The fourth-order valence-corrected chi connectivity index (χ4v) is 5.46. The van der Waals surface area contributed by atoms with Gasteiger partial charge in [0.2, 0.25) is 0 Å². The molecular formula is C30H27ClFN3O5S. The van der Waals surface area contributed by atoms with Crippen LogP contribution < -0.4 is 19.2 Å². The van der Waals surface area contributed by atoms with Gasteiger partial charge in [-0.25, -0.2) is 18.2 Å². The first-order valence-electron chi connectivity index (χ1n) is 12.6. The molecule has 0 aliphatic rings. The summed E-state index contributed by atoms with van der Waals surface area (Å²) < 4.78 is 53.6. The average molecular weight is 596 g/mol. The van der Waals surface area contributed by atoms with Gasteiger partial charge in [0.15, 0.2) is 11.5 Å². The van der Waals surface area contributed by atoms with Crippen LogP contribution in [0.3, 0.4) is 0 Å². The summed E-state index contributed by atoms with van der Waals surface area (Å²) >= 11 is 6.04. The van der Waals surface area contributed by atoms with Gasteiger partial charge in [-0.15, -0.1) is 0 Å². The minimum atomic E-state index is -4.25. The lowest BCUT2D eigenvalue weighted by Gasteiger charge is -2.24. The van der Waals surface area contributed by atoms with Crippen molar-refractivity contribution in [1.82, 2.24) is 5.43 Å². The molecule has 1 N–H and O–H groups in total. The maximum Gasteiger partial charge on any atom is 0.264 e. The highest BCUT2D eigenvalue weighted by molar-refractivity contribution is 7.92. The predicted molar refractivity (Wildman–Crippen MR) is 157 cm³/mol. The van der Waals surface area contributed by atoms with Crippen molar-refractivity contribution in [2.45, 2.75) is 18.4 Å². The fourth-order valence-electron chi connectivity index (χ4n) is 3.80. The first kappa shape index (κ1) is 29.6. The van der Waals surface area contributed by atoms with Crippen LogP contribution in [0.5, 0.6) is 11.5 Å². The standard InChI is InChI=1S/C30H27ClFN3O5S/c1-2-39-29-18-22(15-16-28(29)40-21-23-9-8-10-24(31)17-23)19-33-34-30(36)20-35(27-14-7-6-13-26(27)32)41(37,38)25-11-4-3-5-12-25/h3-19H,2,20-21H2,1H3,(H,34,36)/b33-19-. The zero-order chi connectivity index (χ0) is 29.2. The molecule has 41 heavy (non-hydrogen) atoms. The van der Waals surface area contributed by atoms with Crippen molar-refractivity contribution in [3.8, 4) is 11.5 Å². The smallest absolute Gasteiger partial charge is 0.264 e. The molecule has 4 aromatic carbocycles. The number of nitrogens with one attached hydrogen (secondary N) is 1. The van der Waals surface area contributed by atoms with E-state index < -0.39 is 28.3 Å². The molecule has 8 nitrogen and oxygen atoms in total. The largest absolute Gasteiger partial charge is 0.490 e. The van der Waals surface area contributed by atoms with Gasteiger partial charge in [-0.3, -0.25) is 9.10 Å². The predicted octanol–water partition coefficient (Wildman–Crippen LogP) is 5.80. The van der Waals surface area contributed by atoms with E-state index in [-0.39, 0.29) is 17.2 Å². The summed E-state index contributed by atoms with van der Waals surface area (Å²) in [5, 5.41) is 4.56. The quantitative estimate of drug-likeness (QED) is 0.165. The minimum Gasteiger partial charge on any atom is -0.490 e. The maximum atomic E-state index is 14.6. The number of halogens is 2. The molecule has 4 rings (SSSR count). The van der Waals surface area contributed by atoms with Crippen molar-refractivity contribution in [3.05, 3.63) is 119 Å². The van der Waals surface area contributed by atoms with E-state index in [2.05, 4.69) is 10.5 Å². The average Bonchev–Trinajstić information content (AvgIpc) is 2.96. The van der Waals surface area contributed by atoms with Gasteiger partial charge >= 0.3 is 0 Å². The number of rotatable bonds is 12. The molecule has 0 aliphatic heterocycles. The van der Waals surface area contributed by atoms with Crippen LogP contribution in [0, 0.1) is 5.82 Å². The Balaban J connectivity index is 1.47. The number of hydrogen-bond acceptors (Lipinski definition) is 6. The van der Waals surface area contributed by atoms with Gasteiger partial charge in [-0.1, -0.05) is 54.1 Å². The summed E-state index contributed by atoms with van der Waals surface area (Å²) in [4.78, 5) is 12.7. The van der Waals surface area contributed by atoms with Crippen LogP contribution >= 0.6 is 11.6 Å². The molecule has 0 saturated carbocycles. The first-order chi connectivity index (χ1) is 19.8. The number of hydrazone groups is 1. The fraction of sp³-hybridized carbons (Fsp3) is 0.133. The second-order valence-corrected chi connectivity index (χ2v) is 10.9. The molecule has 212 valence electrons. The highest BCUT2D eigenvalue weighted by Gasteiger charge is 2.29. The summed E-state index contributed by atoms with van der Waals surface area (Å²) in [6, 6.07) is 25.3. The molecule has 1 amide bonds. The van der Waals surface area contributed by atoms with Gasteiger partial charge in [0.1, 0.15) is 19.0 Å². The number of carbonyl (C=O) groups is 1. The second kappa shape index (κ2) is 13.8. The Bertz CT molecular complexity index is 1630. The lowest BCUT2D eigenvalue weighted by atomic mass is 10.2. The number of anilines is 1. The van der Waals surface area contributed by atoms with E-state index in [1.165, 1.54) is 36.5 Å². The topological polar surface area (TPSA) is 97.3 Å². The Hall–Kier alpha value is -4.41. The number of sulfonamides is 1. The summed E-state index contributed by atoms with van der Waals surface area (Å²) in [7, 11) is -4.25. The van der Waals surface area contributed by atoms with Gasteiger partial charge in [-0.05, 0) is 72.6 Å². The molecule has 0 aromatic heterocycles. The van der Waals surface area contributed by atoms with Crippen LogP contribution in [0.15, 0.2) is 107 Å². The van der Waals surface area contributed by atoms with E-state index in [0.717, 1.165) is 11.6 Å². The van der Waals surface area contributed by atoms with Gasteiger partial charge in [0.05, 0.1) is 23.4 Å². The molecular weight excluding hydrogens is 569 g/mol. The summed E-state index contributed by atoms with van der Waals surface area (Å²) in [6.07, 6.45) is 1.38. The Morgan fingerprint density at radius 3 is 2.44 bits per heavy atom. The molecule has 0 aliphatic carbocycles. The van der Waals surface area contributed by atoms with E-state index in [1.807, 2.05) is 25.1 Å². The van der Waals surface area contributed by atoms with Gasteiger partial charge < -0.3 is 9.47 Å². The molecule has 0 unspecified atom stereocenters. The molecule has 0 atom stereocenters. The number of nitrogens with zero attached hydrogens (tertiary/aromatic N) is 2. The van der Waals surface area contributed by atoms with E-state index in [0.29, 0.717) is 33.0 Å². The molecule has 0 radical (unpaired) electrons. The SMILES string of the molecule is CCOc1cc(/C=N\NC(=O)CN(c2ccccc2F)S(=O)(=O)c2ccccc2)ccc1OCc1cccc(Cl)c1. The van der Waals surface area contributed by atoms with E-state index in [9.17, 15) is 17.6 Å². The normalized spacial score (nSPS) is 11.3. The van der Waals surface area contributed by atoms with Crippen LogP contribution in [0.4, 0.5) is 10.1 Å². The molecule has 0 bridgehead atoms.